The molecule has 0 saturated heterocycles. The van der Waals surface area contributed by atoms with E-state index in [-0.39, 0.29) is 6.04 Å². The van der Waals surface area contributed by atoms with Crippen LogP contribution in [0.5, 0.6) is 0 Å². The number of tetrazole rings is 1. The molecule has 7 heteroatoms. The van der Waals surface area contributed by atoms with E-state index in [1.165, 1.54) is 0 Å². The maximum atomic E-state index is 4.29. The molecule has 1 N–H and O–H groups in total. The molecule has 0 aliphatic rings. The molecule has 0 bridgehead atoms. The lowest BCUT2D eigenvalue weighted by atomic mass is 10.3. The number of rotatable bonds is 4. The number of benzene rings is 1. The Balaban J connectivity index is 1.86. The first-order chi connectivity index (χ1) is 9.74. The molecule has 102 valence electrons. The molecule has 2 aromatic heterocycles. The molecular weight excluding hydrogens is 254 g/mol. The fourth-order valence-electron chi connectivity index (χ4n) is 2.00. The van der Waals surface area contributed by atoms with Gasteiger partial charge in [0.15, 0.2) is 5.82 Å². The molecular formula is C13H15N7. The van der Waals surface area contributed by atoms with E-state index in [4.69, 9.17) is 0 Å². The zero-order valence-corrected chi connectivity index (χ0v) is 11.3. The van der Waals surface area contributed by atoms with Gasteiger partial charge in [0.2, 0.25) is 0 Å². The number of anilines is 1. The molecule has 0 radical (unpaired) electrons. The van der Waals surface area contributed by atoms with Crippen molar-refractivity contribution < 1.29 is 0 Å². The van der Waals surface area contributed by atoms with Gasteiger partial charge >= 0.3 is 0 Å². The fraction of sp³-hybridized carbons (Fsp3) is 0.231. The molecule has 2 heterocycles. The van der Waals surface area contributed by atoms with Crippen molar-refractivity contribution in [1.29, 1.82) is 0 Å². The third-order valence-electron chi connectivity index (χ3n) is 2.96. The summed E-state index contributed by atoms with van der Waals surface area (Å²) in [5.74, 6) is 1.53. The predicted octanol–water partition coefficient (Wildman–Crippen LogP) is 1.57. The number of para-hydroxylation sites is 1. The molecule has 0 aliphatic heterocycles. The van der Waals surface area contributed by atoms with Crippen LogP contribution in [-0.4, -0.2) is 30.0 Å². The Labute approximate surface area is 116 Å². The molecule has 0 amide bonds. The number of nitrogens with one attached hydrogen (secondary N) is 1. The van der Waals surface area contributed by atoms with Crippen LogP contribution in [0.3, 0.4) is 0 Å². The molecule has 0 unspecified atom stereocenters. The van der Waals surface area contributed by atoms with Crippen LogP contribution >= 0.6 is 0 Å². The van der Waals surface area contributed by atoms with Crippen molar-refractivity contribution in [2.75, 3.05) is 5.32 Å². The Hall–Kier alpha value is -2.70. The average Bonchev–Trinajstić information content (AvgIpc) is 3.09. The van der Waals surface area contributed by atoms with Crippen LogP contribution in [0.2, 0.25) is 0 Å². The van der Waals surface area contributed by atoms with Crippen molar-refractivity contribution in [3.8, 4) is 5.69 Å². The van der Waals surface area contributed by atoms with Crippen LogP contribution in [-0.2, 0) is 7.05 Å². The van der Waals surface area contributed by atoms with Crippen LogP contribution in [0.4, 0.5) is 5.82 Å². The largest absolute Gasteiger partial charge is 0.359 e. The third kappa shape index (κ3) is 2.37. The smallest absolute Gasteiger partial charge is 0.178 e. The Morgan fingerprint density at radius 1 is 1.15 bits per heavy atom. The Kier molecular flexibility index (Phi) is 3.16. The second kappa shape index (κ2) is 5.12. The van der Waals surface area contributed by atoms with Gasteiger partial charge in [-0.15, -0.1) is 5.10 Å². The highest BCUT2D eigenvalue weighted by molar-refractivity contribution is 5.36. The van der Waals surface area contributed by atoms with Gasteiger partial charge in [-0.3, -0.25) is 4.68 Å². The van der Waals surface area contributed by atoms with Gasteiger partial charge < -0.3 is 5.32 Å². The van der Waals surface area contributed by atoms with Crippen molar-refractivity contribution >= 4 is 5.82 Å². The monoisotopic (exact) mass is 269 g/mol. The second-order valence-corrected chi connectivity index (χ2v) is 4.53. The van der Waals surface area contributed by atoms with Gasteiger partial charge in [0, 0.05) is 19.3 Å². The number of aromatic nitrogens is 6. The first kappa shape index (κ1) is 12.3. The van der Waals surface area contributed by atoms with Crippen LogP contribution in [0.1, 0.15) is 18.8 Å². The second-order valence-electron chi connectivity index (χ2n) is 4.53. The fourth-order valence-corrected chi connectivity index (χ4v) is 2.00. The van der Waals surface area contributed by atoms with Crippen molar-refractivity contribution in [3.63, 3.8) is 0 Å². The standard InChI is InChI=1S/C13H15N7/c1-10(14-12-8-9-19(2)16-12)13-15-17-18-20(13)11-6-4-3-5-7-11/h3-10H,1-2H3,(H,14,16)/t10-/m1/s1. The minimum atomic E-state index is -0.0555. The molecule has 7 nitrogen and oxygen atoms in total. The Morgan fingerprint density at radius 2 is 1.95 bits per heavy atom. The summed E-state index contributed by atoms with van der Waals surface area (Å²) in [6.45, 7) is 2.00. The SMILES string of the molecule is C[C@@H](Nc1ccn(C)n1)c1nnnn1-c1ccccc1. The Bertz CT molecular complexity index is 686. The molecule has 1 aromatic carbocycles. The highest BCUT2D eigenvalue weighted by Crippen LogP contribution is 2.17. The first-order valence-electron chi connectivity index (χ1n) is 6.34. The topological polar surface area (TPSA) is 73.5 Å². The maximum absolute atomic E-state index is 4.29. The van der Waals surface area contributed by atoms with Crippen LogP contribution in [0.25, 0.3) is 5.69 Å². The van der Waals surface area contributed by atoms with Gasteiger partial charge in [-0.1, -0.05) is 18.2 Å². The molecule has 0 saturated carbocycles. The van der Waals surface area contributed by atoms with Crippen molar-refractivity contribution in [3.05, 3.63) is 48.4 Å². The van der Waals surface area contributed by atoms with E-state index in [0.717, 1.165) is 17.3 Å². The molecule has 0 aliphatic carbocycles. The van der Waals surface area contributed by atoms with Crippen molar-refractivity contribution in [1.82, 2.24) is 30.0 Å². The van der Waals surface area contributed by atoms with Crippen molar-refractivity contribution in [2.45, 2.75) is 13.0 Å². The highest BCUT2D eigenvalue weighted by atomic mass is 15.5. The van der Waals surface area contributed by atoms with Gasteiger partial charge in [0.25, 0.3) is 0 Å². The minimum absolute atomic E-state index is 0.0555. The van der Waals surface area contributed by atoms with E-state index in [1.807, 2.05) is 56.6 Å². The number of hydrogen-bond acceptors (Lipinski definition) is 5. The zero-order chi connectivity index (χ0) is 13.9. The molecule has 0 fully saturated rings. The molecule has 3 aromatic rings. The average molecular weight is 269 g/mol. The van der Waals surface area contributed by atoms with Crippen LogP contribution in [0, 0.1) is 0 Å². The van der Waals surface area contributed by atoms with Crippen LogP contribution < -0.4 is 5.32 Å². The quantitative estimate of drug-likeness (QED) is 0.778. The van der Waals surface area contributed by atoms with Crippen LogP contribution in [0.15, 0.2) is 42.6 Å². The summed E-state index contributed by atoms with van der Waals surface area (Å²) in [6.07, 6.45) is 1.88. The van der Waals surface area contributed by atoms with E-state index in [2.05, 4.69) is 25.9 Å². The summed E-state index contributed by atoms with van der Waals surface area (Å²) in [6, 6.07) is 11.7. The van der Waals surface area contributed by atoms with E-state index >= 15 is 0 Å². The van der Waals surface area contributed by atoms with E-state index in [1.54, 1.807) is 9.36 Å². The summed E-state index contributed by atoms with van der Waals surface area (Å²) >= 11 is 0. The van der Waals surface area contributed by atoms with E-state index in [9.17, 15) is 0 Å². The van der Waals surface area contributed by atoms with Gasteiger partial charge in [0.1, 0.15) is 5.82 Å². The molecule has 1 atom stereocenters. The summed E-state index contributed by atoms with van der Waals surface area (Å²) in [5.41, 5.74) is 0.933. The third-order valence-corrected chi connectivity index (χ3v) is 2.96. The lowest BCUT2D eigenvalue weighted by Crippen LogP contribution is -2.14. The van der Waals surface area contributed by atoms with Gasteiger partial charge in [-0.05, 0) is 29.5 Å². The van der Waals surface area contributed by atoms with Crippen molar-refractivity contribution in [2.24, 2.45) is 7.05 Å². The van der Waals surface area contributed by atoms with E-state index in [0.29, 0.717) is 0 Å². The predicted molar refractivity (Wildman–Crippen MR) is 74.4 cm³/mol. The number of nitrogens with zero attached hydrogens (tertiary/aromatic N) is 6. The summed E-state index contributed by atoms with van der Waals surface area (Å²) in [7, 11) is 1.88. The molecule has 3 rings (SSSR count). The van der Waals surface area contributed by atoms with Gasteiger partial charge in [-0.2, -0.15) is 9.78 Å². The summed E-state index contributed by atoms with van der Waals surface area (Å²) in [4.78, 5) is 0. The lowest BCUT2D eigenvalue weighted by Gasteiger charge is -2.12. The molecule has 0 spiro atoms. The Morgan fingerprint density at radius 3 is 2.65 bits per heavy atom. The summed E-state index contributed by atoms with van der Waals surface area (Å²) in [5, 5.41) is 19.5. The molecule has 20 heavy (non-hydrogen) atoms. The minimum Gasteiger partial charge on any atom is -0.359 e. The normalized spacial score (nSPS) is 12.3. The lowest BCUT2D eigenvalue weighted by molar-refractivity contribution is 0.708. The van der Waals surface area contributed by atoms with Gasteiger partial charge in [-0.25, -0.2) is 0 Å². The van der Waals surface area contributed by atoms with E-state index < -0.39 is 0 Å². The van der Waals surface area contributed by atoms with Gasteiger partial charge in [0.05, 0.1) is 11.7 Å². The highest BCUT2D eigenvalue weighted by Gasteiger charge is 2.16. The number of hydrogen-bond donors (Lipinski definition) is 1. The zero-order valence-electron chi connectivity index (χ0n) is 11.3. The number of aryl methyl sites for hydroxylation is 1. The maximum Gasteiger partial charge on any atom is 0.178 e. The first-order valence-corrected chi connectivity index (χ1v) is 6.34. The summed E-state index contributed by atoms with van der Waals surface area (Å²) < 4.78 is 3.47.